The van der Waals surface area contributed by atoms with Gasteiger partial charge in [0.1, 0.15) is 0 Å². The molecule has 1 unspecified atom stereocenters. The van der Waals surface area contributed by atoms with E-state index in [1.807, 2.05) is 18.7 Å². The lowest BCUT2D eigenvalue weighted by atomic mass is 10.2. The number of hydrogen-bond acceptors (Lipinski definition) is 3. The zero-order valence-electron chi connectivity index (χ0n) is 9.06. The summed E-state index contributed by atoms with van der Waals surface area (Å²) >= 11 is 0. The minimum Gasteiger partial charge on any atom is -0.380 e. The number of unbranched alkanes of at least 4 members (excludes halogenated alkanes) is 1. The lowest BCUT2D eigenvalue weighted by molar-refractivity contribution is 0.190. The van der Waals surface area contributed by atoms with Crippen LogP contribution in [0.1, 0.15) is 19.3 Å². The SMILES string of the molecule is c1cn(CCCCNC2CCOC2)cn1. The molecule has 84 valence electrons. The average Bonchev–Trinajstić information content (AvgIpc) is 2.88. The van der Waals surface area contributed by atoms with Gasteiger partial charge < -0.3 is 14.6 Å². The summed E-state index contributed by atoms with van der Waals surface area (Å²) < 4.78 is 7.42. The van der Waals surface area contributed by atoms with E-state index >= 15 is 0 Å². The summed E-state index contributed by atoms with van der Waals surface area (Å²) in [7, 11) is 0. The Balaban J connectivity index is 1.48. The highest BCUT2D eigenvalue weighted by molar-refractivity contribution is 4.74. The molecule has 0 amide bonds. The van der Waals surface area contributed by atoms with Crippen molar-refractivity contribution in [3.05, 3.63) is 18.7 Å². The van der Waals surface area contributed by atoms with Crippen molar-refractivity contribution in [1.29, 1.82) is 0 Å². The van der Waals surface area contributed by atoms with E-state index in [1.54, 1.807) is 0 Å². The third-order valence-corrected chi connectivity index (χ3v) is 2.76. The molecule has 2 rings (SSSR count). The van der Waals surface area contributed by atoms with E-state index in [9.17, 15) is 0 Å². The number of nitrogens with zero attached hydrogens (tertiary/aromatic N) is 2. The van der Waals surface area contributed by atoms with Crippen LogP contribution in [0.2, 0.25) is 0 Å². The normalized spacial score (nSPS) is 20.9. The Bertz CT molecular complexity index is 255. The molecule has 1 atom stereocenters. The maximum atomic E-state index is 5.30. The summed E-state index contributed by atoms with van der Waals surface area (Å²) in [5, 5.41) is 3.51. The first kappa shape index (κ1) is 10.6. The summed E-state index contributed by atoms with van der Waals surface area (Å²) in [5.41, 5.74) is 0. The molecule has 0 spiro atoms. The van der Waals surface area contributed by atoms with Crippen molar-refractivity contribution in [1.82, 2.24) is 14.9 Å². The van der Waals surface area contributed by atoms with E-state index in [0.29, 0.717) is 6.04 Å². The van der Waals surface area contributed by atoms with Gasteiger partial charge in [0, 0.05) is 31.6 Å². The van der Waals surface area contributed by atoms with Crippen molar-refractivity contribution in [2.45, 2.75) is 31.8 Å². The first-order valence-electron chi connectivity index (χ1n) is 5.72. The zero-order chi connectivity index (χ0) is 10.3. The van der Waals surface area contributed by atoms with Gasteiger partial charge in [-0.3, -0.25) is 0 Å². The van der Waals surface area contributed by atoms with Crippen LogP contribution in [-0.4, -0.2) is 35.4 Å². The molecule has 0 aliphatic carbocycles. The Morgan fingerprint density at radius 2 is 2.47 bits per heavy atom. The fraction of sp³-hybridized carbons (Fsp3) is 0.727. The Kier molecular flexibility index (Phi) is 4.17. The predicted molar refractivity (Wildman–Crippen MR) is 58.7 cm³/mol. The van der Waals surface area contributed by atoms with Gasteiger partial charge in [-0.25, -0.2) is 4.98 Å². The largest absolute Gasteiger partial charge is 0.380 e. The highest BCUT2D eigenvalue weighted by Crippen LogP contribution is 2.03. The molecule has 0 bridgehead atoms. The molecule has 0 radical (unpaired) electrons. The van der Waals surface area contributed by atoms with Crippen LogP contribution >= 0.6 is 0 Å². The molecule has 1 aliphatic heterocycles. The predicted octanol–water partition coefficient (Wildman–Crippen LogP) is 1.04. The van der Waals surface area contributed by atoms with Gasteiger partial charge in [0.05, 0.1) is 12.9 Å². The lowest BCUT2D eigenvalue weighted by Gasteiger charge is -2.09. The van der Waals surface area contributed by atoms with E-state index in [0.717, 1.165) is 26.3 Å². The standard InChI is InChI=1S/C11H19N3O/c1(2-6-14-7-5-12-10-14)4-13-11-3-8-15-9-11/h5,7,10-11,13H,1-4,6,8-9H2. The minimum absolute atomic E-state index is 0.596. The molecule has 15 heavy (non-hydrogen) atoms. The van der Waals surface area contributed by atoms with Gasteiger partial charge in [-0.05, 0) is 25.8 Å². The third-order valence-electron chi connectivity index (χ3n) is 2.76. The fourth-order valence-corrected chi connectivity index (χ4v) is 1.84. The average molecular weight is 209 g/mol. The Labute approximate surface area is 90.6 Å². The monoisotopic (exact) mass is 209 g/mol. The number of imidazole rings is 1. The van der Waals surface area contributed by atoms with Gasteiger partial charge in [0.2, 0.25) is 0 Å². The highest BCUT2D eigenvalue weighted by atomic mass is 16.5. The molecule has 1 N–H and O–H groups in total. The zero-order valence-corrected chi connectivity index (χ0v) is 9.06. The first-order chi connectivity index (χ1) is 7.45. The van der Waals surface area contributed by atoms with Gasteiger partial charge >= 0.3 is 0 Å². The Morgan fingerprint density at radius 3 is 3.20 bits per heavy atom. The smallest absolute Gasteiger partial charge is 0.0945 e. The van der Waals surface area contributed by atoms with Crippen LogP contribution in [0.15, 0.2) is 18.7 Å². The van der Waals surface area contributed by atoms with Crippen molar-refractivity contribution in [2.75, 3.05) is 19.8 Å². The van der Waals surface area contributed by atoms with E-state index in [1.165, 1.54) is 19.3 Å². The van der Waals surface area contributed by atoms with Crippen LogP contribution in [0.4, 0.5) is 0 Å². The van der Waals surface area contributed by atoms with Gasteiger partial charge in [-0.2, -0.15) is 0 Å². The highest BCUT2D eigenvalue weighted by Gasteiger charge is 2.13. The fourth-order valence-electron chi connectivity index (χ4n) is 1.84. The molecule has 1 aromatic rings. The van der Waals surface area contributed by atoms with E-state index < -0.39 is 0 Å². The van der Waals surface area contributed by atoms with Crippen LogP contribution in [0.3, 0.4) is 0 Å². The quantitative estimate of drug-likeness (QED) is 0.712. The van der Waals surface area contributed by atoms with Gasteiger partial charge in [0.15, 0.2) is 0 Å². The number of aromatic nitrogens is 2. The number of ether oxygens (including phenoxy) is 1. The molecule has 4 nitrogen and oxygen atoms in total. The molecule has 1 saturated heterocycles. The Morgan fingerprint density at radius 1 is 1.47 bits per heavy atom. The summed E-state index contributed by atoms with van der Waals surface area (Å²) in [6, 6.07) is 0.596. The van der Waals surface area contributed by atoms with Crippen molar-refractivity contribution in [2.24, 2.45) is 0 Å². The van der Waals surface area contributed by atoms with Gasteiger partial charge in [-0.1, -0.05) is 0 Å². The van der Waals surface area contributed by atoms with E-state index in [4.69, 9.17) is 4.74 Å². The van der Waals surface area contributed by atoms with Crippen LogP contribution < -0.4 is 5.32 Å². The maximum Gasteiger partial charge on any atom is 0.0945 e. The molecule has 4 heteroatoms. The minimum atomic E-state index is 0.596. The van der Waals surface area contributed by atoms with Crippen LogP contribution in [0, 0.1) is 0 Å². The van der Waals surface area contributed by atoms with Crippen LogP contribution in [0.5, 0.6) is 0 Å². The maximum absolute atomic E-state index is 5.30. The number of rotatable bonds is 6. The molecule has 0 saturated carbocycles. The van der Waals surface area contributed by atoms with Gasteiger partial charge in [-0.15, -0.1) is 0 Å². The molecule has 1 aliphatic rings. The molecule has 1 aromatic heterocycles. The van der Waals surface area contributed by atoms with E-state index in [-0.39, 0.29) is 0 Å². The van der Waals surface area contributed by atoms with Crippen molar-refractivity contribution < 1.29 is 4.74 Å². The first-order valence-corrected chi connectivity index (χ1v) is 5.72. The van der Waals surface area contributed by atoms with Crippen LogP contribution in [-0.2, 0) is 11.3 Å². The number of aryl methyl sites for hydroxylation is 1. The summed E-state index contributed by atoms with van der Waals surface area (Å²) in [6.45, 7) is 3.99. The van der Waals surface area contributed by atoms with Crippen molar-refractivity contribution >= 4 is 0 Å². The van der Waals surface area contributed by atoms with Crippen LogP contribution in [0.25, 0.3) is 0 Å². The van der Waals surface area contributed by atoms with Crippen molar-refractivity contribution in [3.63, 3.8) is 0 Å². The summed E-state index contributed by atoms with van der Waals surface area (Å²) in [6.07, 6.45) is 9.30. The Hall–Kier alpha value is -0.870. The molecule has 0 aromatic carbocycles. The molecule has 2 heterocycles. The lowest BCUT2D eigenvalue weighted by Crippen LogP contribution is -2.30. The molecule has 1 fully saturated rings. The number of hydrogen-bond donors (Lipinski definition) is 1. The summed E-state index contributed by atoms with van der Waals surface area (Å²) in [5.74, 6) is 0. The van der Waals surface area contributed by atoms with Gasteiger partial charge in [0.25, 0.3) is 0 Å². The molecular formula is C11H19N3O. The third kappa shape index (κ3) is 3.64. The summed E-state index contributed by atoms with van der Waals surface area (Å²) in [4.78, 5) is 4.01. The molecular weight excluding hydrogens is 190 g/mol. The second-order valence-electron chi connectivity index (χ2n) is 4.02. The second-order valence-corrected chi connectivity index (χ2v) is 4.02. The topological polar surface area (TPSA) is 39.1 Å². The second kappa shape index (κ2) is 5.88. The number of nitrogens with one attached hydrogen (secondary N) is 1. The van der Waals surface area contributed by atoms with E-state index in [2.05, 4.69) is 14.9 Å². The van der Waals surface area contributed by atoms with Crippen molar-refractivity contribution in [3.8, 4) is 0 Å².